The molecule has 4 atom stereocenters. The average Bonchev–Trinajstić information content (AvgIpc) is 2.95. The molecule has 1 rings (SSSR count). The third-order valence-corrected chi connectivity index (χ3v) is 5.39. The van der Waals surface area contributed by atoms with E-state index in [0.717, 1.165) is 26.4 Å². The third-order valence-electron chi connectivity index (χ3n) is 3.40. The molecule has 0 aromatic heterocycles. The number of rotatable bonds is 13. The van der Waals surface area contributed by atoms with Gasteiger partial charge in [-0.15, -0.1) is 0 Å². The van der Waals surface area contributed by atoms with Crippen molar-refractivity contribution >= 4 is 15.6 Å². The quantitative estimate of drug-likeness (QED) is 0.312. The average molecular weight is 391 g/mol. The summed E-state index contributed by atoms with van der Waals surface area (Å²) < 4.78 is 47.5. The van der Waals surface area contributed by atoms with Crippen molar-refractivity contribution < 1.29 is 41.7 Å². The molecule has 0 radical (unpaired) electrons. The summed E-state index contributed by atoms with van der Waals surface area (Å²) in [6.45, 7) is 0.700. The van der Waals surface area contributed by atoms with E-state index in [4.69, 9.17) is 24.0 Å². The zero-order valence-electron chi connectivity index (χ0n) is 13.7. The van der Waals surface area contributed by atoms with Gasteiger partial charge in [0.25, 0.3) is 0 Å². The van der Waals surface area contributed by atoms with Crippen molar-refractivity contribution in [2.24, 2.45) is 5.73 Å². The Kier molecular flexibility index (Phi) is 10.1. The largest absolute Gasteiger partial charge is 0.472 e. The van der Waals surface area contributed by atoms with E-state index < -0.39 is 27.9 Å². The summed E-state index contributed by atoms with van der Waals surface area (Å²) in [5, 5.41) is 0. The van der Waals surface area contributed by atoms with Crippen molar-refractivity contribution in [2.45, 2.75) is 44.3 Å². The first-order chi connectivity index (χ1) is 11.3. The molecule has 1 fully saturated rings. The van der Waals surface area contributed by atoms with Gasteiger partial charge in [0.1, 0.15) is 12.2 Å². The number of phosphoric acid groups is 2. The predicted molar refractivity (Wildman–Crippen MR) is 85.3 cm³/mol. The first-order valence-electron chi connectivity index (χ1n) is 7.80. The molecule has 2 unspecified atom stereocenters. The fraction of sp³-hybridized carbons (Fsp3) is 1.00. The van der Waals surface area contributed by atoms with Crippen LogP contribution >= 0.6 is 15.6 Å². The molecule has 10 nitrogen and oxygen atoms in total. The SMILES string of the molecule is COP(=O)(O)OC[C@H]1OCC[C@@H]1OP(=O)(O)OCCCCCCN. The lowest BCUT2D eigenvalue weighted by Crippen LogP contribution is -2.28. The van der Waals surface area contributed by atoms with Crippen molar-refractivity contribution in [3.05, 3.63) is 0 Å². The summed E-state index contributed by atoms with van der Waals surface area (Å²) >= 11 is 0. The van der Waals surface area contributed by atoms with Gasteiger partial charge in [0, 0.05) is 20.1 Å². The number of ether oxygens (including phenoxy) is 1. The van der Waals surface area contributed by atoms with Crippen LogP contribution in [-0.4, -0.2) is 55.5 Å². The molecule has 4 N–H and O–H groups in total. The molecule has 1 saturated heterocycles. The molecule has 0 bridgehead atoms. The maximum absolute atomic E-state index is 11.9. The molecule has 1 heterocycles. The Morgan fingerprint density at radius 3 is 2.50 bits per heavy atom. The minimum Gasteiger partial charge on any atom is -0.373 e. The summed E-state index contributed by atoms with van der Waals surface area (Å²) in [7, 11) is -7.34. The van der Waals surface area contributed by atoms with Crippen molar-refractivity contribution in [1.29, 1.82) is 0 Å². The molecule has 0 amide bonds. The highest BCUT2D eigenvalue weighted by atomic mass is 31.2. The van der Waals surface area contributed by atoms with Crippen LogP contribution in [0.2, 0.25) is 0 Å². The maximum Gasteiger partial charge on any atom is 0.472 e. The van der Waals surface area contributed by atoms with Crippen LogP contribution in [0.4, 0.5) is 0 Å². The van der Waals surface area contributed by atoms with Crippen LogP contribution in [0.15, 0.2) is 0 Å². The zero-order chi connectivity index (χ0) is 18.1. The monoisotopic (exact) mass is 391 g/mol. The van der Waals surface area contributed by atoms with Gasteiger partial charge in [0.2, 0.25) is 0 Å². The summed E-state index contributed by atoms with van der Waals surface area (Å²) in [5.41, 5.74) is 5.38. The molecule has 24 heavy (non-hydrogen) atoms. The van der Waals surface area contributed by atoms with Crippen molar-refractivity contribution in [2.75, 3.05) is 33.5 Å². The minimum absolute atomic E-state index is 0.0998. The van der Waals surface area contributed by atoms with Gasteiger partial charge >= 0.3 is 15.6 Å². The Morgan fingerprint density at radius 2 is 1.83 bits per heavy atom. The molecule has 12 heteroatoms. The maximum atomic E-state index is 11.9. The Balaban J connectivity index is 2.33. The van der Waals surface area contributed by atoms with Crippen molar-refractivity contribution in [1.82, 2.24) is 0 Å². The molecule has 0 saturated carbocycles. The molecule has 144 valence electrons. The van der Waals surface area contributed by atoms with Gasteiger partial charge in [-0.2, -0.15) is 0 Å². The summed E-state index contributed by atoms with van der Waals surface area (Å²) in [6, 6.07) is 0. The smallest absolute Gasteiger partial charge is 0.373 e. The summed E-state index contributed by atoms with van der Waals surface area (Å²) in [5.74, 6) is 0. The van der Waals surface area contributed by atoms with Crippen LogP contribution in [0.1, 0.15) is 32.1 Å². The van der Waals surface area contributed by atoms with Gasteiger partial charge in [0.15, 0.2) is 0 Å². The third kappa shape index (κ3) is 9.01. The number of unbranched alkanes of at least 4 members (excludes halogenated alkanes) is 3. The highest BCUT2D eigenvalue weighted by molar-refractivity contribution is 7.47. The lowest BCUT2D eigenvalue weighted by Gasteiger charge is -2.22. The van der Waals surface area contributed by atoms with Gasteiger partial charge < -0.3 is 20.3 Å². The van der Waals surface area contributed by atoms with Gasteiger partial charge in [-0.1, -0.05) is 12.8 Å². The topological polar surface area (TPSA) is 147 Å². The molecule has 1 aliphatic heterocycles. The summed E-state index contributed by atoms with van der Waals surface area (Å²) in [4.78, 5) is 18.9. The molecular formula is C12H27NO9P2. The zero-order valence-corrected chi connectivity index (χ0v) is 15.5. The van der Waals surface area contributed by atoms with Crippen molar-refractivity contribution in [3.8, 4) is 0 Å². The Labute approximate surface area is 141 Å². The number of hydrogen-bond acceptors (Lipinski definition) is 8. The molecule has 0 aromatic carbocycles. The number of nitrogens with two attached hydrogens (primary N) is 1. The normalized spacial score (nSPS) is 26.2. The Bertz CT molecular complexity index is 450. The molecule has 0 aliphatic carbocycles. The van der Waals surface area contributed by atoms with Gasteiger partial charge in [0.05, 0.1) is 13.2 Å². The highest BCUT2D eigenvalue weighted by Crippen LogP contribution is 2.48. The van der Waals surface area contributed by atoms with E-state index in [2.05, 4.69) is 4.52 Å². The van der Waals surface area contributed by atoms with Crippen LogP contribution in [-0.2, 0) is 32.0 Å². The first-order valence-corrected chi connectivity index (χ1v) is 10.8. The van der Waals surface area contributed by atoms with Gasteiger partial charge in [-0.3, -0.25) is 18.1 Å². The van der Waals surface area contributed by atoms with Gasteiger partial charge in [-0.05, 0) is 19.4 Å². The second kappa shape index (κ2) is 11.0. The van der Waals surface area contributed by atoms with Crippen LogP contribution in [0, 0.1) is 0 Å². The molecule has 0 aromatic rings. The van der Waals surface area contributed by atoms with E-state index >= 15 is 0 Å². The molecule has 1 aliphatic rings. The van der Waals surface area contributed by atoms with E-state index in [0.29, 0.717) is 19.4 Å². The molecule has 0 spiro atoms. The second-order valence-electron chi connectivity index (χ2n) is 5.29. The van der Waals surface area contributed by atoms with Crippen LogP contribution in [0.3, 0.4) is 0 Å². The molecular weight excluding hydrogens is 364 g/mol. The van der Waals surface area contributed by atoms with Crippen LogP contribution in [0.5, 0.6) is 0 Å². The summed E-state index contributed by atoms with van der Waals surface area (Å²) in [6.07, 6.45) is 2.15. The predicted octanol–water partition coefficient (Wildman–Crippen LogP) is 1.56. The lowest BCUT2D eigenvalue weighted by atomic mass is 10.2. The number of hydrogen-bond donors (Lipinski definition) is 3. The lowest BCUT2D eigenvalue weighted by molar-refractivity contribution is -0.00198. The fourth-order valence-electron chi connectivity index (χ4n) is 2.11. The van der Waals surface area contributed by atoms with E-state index in [1.165, 1.54) is 0 Å². The Morgan fingerprint density at radius 1 is 1.12 bits per heavy atom. The number of phosphoric ester groups is 2. The van der Waals surface area contributed by atoms with E-state index in [9.17, 15) is 18.9 Å². The van der Waals surface area contributed by atoms with Crippen LogP contribution < -0.4 is 5.73 Å². The minimum atomic E-state index is -4.23. The van der Waals surface area contributed by atoms with E-state index in [1.807, 2.05) is 0 Å². The first kappa shape index (κ1) is 22.2. The standard InChI is InChI=1S/C12H27NO9P2/c1-18-23(14,15)21-10-12-11(6-9-19-12)22-24(16,17)20-8-5-3-2-4-7-13/h11-12H,2-10,13H2,1H3,(H,14,15)(H,16,17)/t11-,12+/m0/s1. The van der Waals surface area contributed by atoms with E-state index in [-0.39, 0.29) is 19.8 Å². The van der Waals surface area contributed by atoms with Crippen LogP contribution in [0.25, 0.3) is 0 Å². The highest BCUT2D eigenvalue weighted by Gasteiger charge is 2.37. The second-order valence-corrected chi connectivity index (χ2v) is 8.26. The fourth-order valence-corrected chi connectivity index (χ4v) is 3.55. The van der Waals surface area contributed by atoms with E-state index in [1.54, 1.807) is 0 Å². The Hall–Kier alpha value is 0.140. The van der Waals surface area contributed by atoms with Gasteiger partial charge in [-0.25, -0.2) is 9.13 Å². The van der Waals surface area contributed by atoms with Crippen molar-refractivity contribution in [3.63, 3.8) is 0 Å².